The average Bonchev–Trinajstić information content (AvgIpc) is 3.04. The lowest BCUT2D eigenvalue weighted by Crippen LogP contribution is -2.44. The molecule has 0 fully saturated rings. The maximum absolute atomic E-state index is 13.1. The first kappa shape index (κ1) is 25.4. The van der Waals surface area contributed by atoms with E-state index in [1.807, 2.05) is 31.2 Å². The lowest BCUT2D eigenvalue weighted by molar-refractivity contribution is 0.0432. The van der Waals surface area contributed by atoms with Gasteiger partial charge < -0.3 is 14.2 Å². The summed E-state index contributed by atoms with van der Waals surface area (Å²) in [7, 11) is 0. The Hall–Kier alpha value is -2.87. The Morgan fingerprint density at radius 2 is 1.41 bits per heavy atom. The van der Waals surface area contributed by atoms with Gasteiger partial charge in [0.25, 0.3) is 0 Å². The number of ether oxygens (including phenoxy) is 3. The van der Waals surface area contributed by atoms with E-state index in [9.17, 15) is 14.4 Å². The molecule has 0 saturated carbocycles. The average molecular weight is 462 g/mol. The normalized spacial score (nSPS) is 11.6. The van der Waals surface area contributed by atoms with Crippen LogP contribution < -0.4 is 4.90 Å². The van der Waals surface area contributed by atoms with Crippen molar-refractivity contribution in [3.8, 4) is 11.1 Å². The molecule has 1 aromatic carbocycles. The van der Waals surface area contributed by atoms with Crippen molar-refractivity contribution in [1.29, 1.82) is 0 Å². The predicted octanol–water partition coefficient (Wildman–Crippen LogP) is 6.58. The summed E-state index contributed by atoms with van der Waals surface area (Å²) in [5.41, 5.74) is 0.759. The van der Waals surface area contributed by atoms with Crippen molar-refractivity contribution >= 4 is 34.5 Å². The van der Waals surface area contributed by atoms with Gasteiger partial charge in [0.15, 0.2) is 0 Å². The highest BCUT2D eigenvalue weighted by molar-refractivity contribution is 7.15. The zero-order chi connectivity index (χ0) is 24.3. The van der Waals surface area contributed by atoms with Crippen LogP contribution in [-0.2, 0) is 14.2 Å². The summed E-state index contributed by atoms with van der Waals surface area (Å²) in [6.07, 6.45) is -1.87. The first-order chi connectivity index (χ1) is 14.7. The molecular formula is C24H31NO6S. The van der Waals surface area contributed by atoms with Crippen LogP contribution in [0.25, 0.3) is 11.1 Å². The summed E-state index contributed by atoms with van der Waals surface area (Å²) in [6.45, 7) is 13.9. The number of benzene rings is 1. The van der Waals surface area contributed by atoms with Gasteiger partial charge in [0.1, 0.15) is 21.8 Å². The van der Waals surface area contributed by atoms with Crippen LogP contribution in [0.1, 0.15) is 64.4 Å². The number of aryl methyl sites for hydroxylation is 1. The zero-order valence-electron chi connectivity index (χ0n) is 19.9. The lowest BCUT2D eigenvalue weighted by Gasteiger charge is -2.28. The van der Waals surface area contributed by atoms with E-state index in [1.54, 1.807) is 53.8 Å². The Balaban J connectivity index is 2.67. The van der Waals surface area contributed by atoms with E-state index in [-0.39, 0.29) is 17.2 Å². The highest BCUT2D eigenvalue weighted by Crippen LogP contribution is 2.40. The van der Waals surface area contributed by atoms with Crippen molar-refractivity contribution in [2.75, 3.05) is 11.5 Å². The second-order valence-electron chi connectivity index (χ2n) is 9.21. The molecule has 0 saturated heterocycles. The molecule has 2 aromatic rings. The van der Waals surface area contributed by atoms with Gasteiger partial charge in [-0.15, -0.1) is 11.3 Å². The van der Waals surface area contributed by atoms with Crippen molar-refractivity contribution < 1.29 is 28.6 Å². The quantitative estimate of drug-likeness (QED) is 0.378. The summed E-state index contributed by atoms with van der Waals surface area (Å²) < 4.78 is 16.2. The van der Waals surface area contributed by atoms with E-state index in [2.05, 4.69) is 0 Å². The largest absolute Gasteiger partial charge is 0.462 e. The Labute approximate surface area is 193 Å². The number of carbonyl (C=O) groups excluding carboxylic acids is 3. The summed E-state index contributed by atoms with van der Waals surface area (Å²) in [4.78, 5) is 39.9. The van der Waals surface area contributed by atoms with Crippen molar-refractivity contribution in [2.24, 2.45) is 0 Å². The zero-order valence-corrected chi connectivity index (χ0v) is 20.7. The maximum Gasteiger partial charge on any atom is 0.425 e. The van der Waals surface area contributed by atoms with Gasteiger partial charge in [0.2, 0.25) is 0 Å². The van der Waals surface area contributed by atoms with E-state index in [0.717, 1.165) is 27.4 Å². The van der Waals surface area contributed by atoms with Crippen LogP contribution >= 0.6 is 11.3 Å². The standard InChI is InChI=1S/C24H31NO6S/c1-9-29-20(26)18-17(16-12-10-15(2)11-13-16)14-32-19(18)25(21(27)30-23(3,4)5)22(28)31-24(6,7)8/h10-14H,9H2,1-8H3. The highest BCUT2D eigenvalue weighted by Gasteiger charge is 2.37. The summed E-state index contributed by atoms with van der Waals surface area (Å²) in [6, 6.07) is 7.58. The number of esters is 1. The molecule has 0 N–H and O–H groups in total. The first-order valence-electron chi connectivity index (χ1n) is 10.3. The minimum absolute atomic E-state index is 0.0857. The number of thiophene rings is 1. The predicted molar refractivity (Wildman–Crippen MR) is 125 cm³/mol. The molecule has 174 valence electrons. The number of carbonyl (C=O) groups is 3. The van der Waals surface area contributed by atoms with E-state index >= 15 is 0 Å². The smallest absolute Gasteiger partial charge is 0.425 e. The minimum Gasteiger partial charge on any atom is -0.462 e. The number of nitrogens with zero attached hydrogens (tertiary/aromatic N) is 1. The van der Waals surface area contributed by atoms with E-state index in [0.29, 0.717) is 5.56 Å². The topological polar surface area (TPSA) is 82.1 Å². The molecule has 2 rings (SSSR count). The van der Waals surface area contributed by atoms with Crippen LogP contribution in [0.4, 0.5) is 14.6 Å². The van der Waals surface area contributed by atoms with Gasteiger partial charge in [0.05, 0.1) is 6.61 Å². The van der Waals surface area contributed by atoms with Gasteiger partial charge in [-0.1, -0.05) is 29.8 Å². The molecule has 32 heavy (non-hydrogen) atoms. The SMILES string of the molecule is CCOC(=O)c1c(-c2ccc(C)cc2)csc1N(C(=O)OC(C)(C)C)C(=O)OC(C)(C)C. The Morgan fingerprint density at radius 3 is 1.84 bits per heavy atom. The van der Waals surface area contributed by atoms with Gasteiger partial charge in [-0.2, -0.15) is 4.90 Å². The second-order valence-corrected chi connectivity index (χ2v) is 10.1. The molecule has 1 aromatic heterocycles. The highest BCUT2D eigenvalue weighted by atomic mass is 32.1. The maximum atomic E-state index is 13.1. The van der Waals surface area contributed by atoms with Crippen LogP contribution in [0.15, 0.2) is 29.6 Å². The van der Waals surface area contributed by atoms with Crippen LogP contribution in [0.5, 0.6) is 0 Å². The Morgan fingerprint density at radius 1 is 0.906 bits per heavy atom. The number of rotatable bonds is 4. The molecule has 0 aliphatic heterocycles. The van der Waals surface area contributed by atoms with Crippen LogP contribution in [0.3, 0.4) is 0 Å². The van der Waals surface area contributed by atoms with Gasteiger partial charge in [-0.25, -0.2) is 14.4 Å². The Kier molecular flexibility index (Phi) is 7.72. The second kappa shape index (κ2) is 9.73. The molecule has 0 unspecified atom stereocenters. The third-order valence-corrected chi connectivity index (χ3v) is 4.93. The molecule has 1 heterocycles. The number of hydrogen-bond donors (Lipinski definition) is 0. The summed E-state index contributed by atoms with van der Waals surface area (Å²) in [5, 5.41) is 1.80. The van der Waals surface area contributed by atoms with Gasteiger partial charge >= 0.3 is 18.2 Å². The number of anilines is 1. The molecule has 0 atom stereocenters. The Bertz CT molecular complexity index is 951. The van der Waals surface area contributed by atoms with Crippen molar-refractivity contribution in [3.63, 3.8) is 0 Å². The van der Waals surface area contributed by atoms with Crippen LogP contribution in [0, 0.1) is 6.92 Å². The molecule has 8 heteroatoms. The van der Waals surface area contributed by atoms with Gasteiger partial charge in [-0.3, -0.25) is 0 Å². The van der Waals surface area contributed by atoms with Crippen LogP contribution in [0.2, 0.25) is 0 Å². The van der Waals surface area contributed by atoms with Crippen molar-refractivity contribution in [2.45, 2.75) is 66.6 Å². The monoisotopic (exact) mass is 461 g/mol. The summed E-state index contributed by atoms with van der Waals surface area (Å²) in [5.74, 6) is -0.642. The molecule has 2 amide bonds. The number of imide groups is 1. The molecular weight excluding hydrogens is 430 g/mol. The fourth-order valence-electron chi connectivity index (χ4n) is 2.71. The van der Waals surface area contributed by atoms with Gasteiger partial charge in [-0.05, 0) is 61.0 Å². The van der Waals surface area contributed by atoms with Crippen LogP contribution in [-0.4, -0.2) is 36.0 Å². The molecule has 0 aliphatic rings. The fourth-order valence-corrected chi connectivity index (χ4v) is 3.76. The molecule has 0 aliphatic carbocycles. The molecule has 0 spiro atoms. The third kappa shape index (κ3) is 6.56. The number of hydrogen-bond acceptors (Lipinski definition) is 7. The van der Waals surface area contributed by atoms with Crippen molar-refractivity contribution in [1.82, 2.24) is 0 Å². The molecule has 0 radical (unpaired) electrons. The molecule has 0 bridgehead atoms. The number of amides is 2. The first-order valence-corrected chi connectivity index (χ1v) is 11.2. The summed E-state index contributed by atoms with van der Waals surface area (Å²) >= 11 is 1.07. The van der Waals surface area contributed by atoms with Crippen molar-refractivity contribution in [3.05, 3.63) is 40.8 Å². The van der Waals surface area contributed by atoms with E-state index in [4.69, 9.17) is 14.2 Å². The lowest BCUT2D eigenvalue weighted by atomic mass is 10.0. The van der Waals surface area contributed by atoms with E-state index < -0.39 is 29.4 Å². The fraction of sp³-hybridized carbons (Fsp3) is 0.458. The minimum atomic E-state index is -0.936. The van der Waals surface area contributed by atoms with E-state index in [1.165, 1.54) is 0 Å². The molecule has 7 nitrogen and oxygen atoms in total. The van der Waals surface area contributed by atoms with Gasteiger partial charge in [0, 0.05) is 10.9 Å². The third-order valence-electron chi connectivity index (χ3n) is 3.97.